The molecule has 24 heavy (non-hydrogen) atoms. The Kier molecular flexibility index (Phi) is 6.10. The summed E-state index contributed by atoms with van der Waals surface area (Å²) in [6.45, 7) is 5.60. The van der Waals surface area contributed by atoms with Crippen molar-refractivity contribution in [1.29, 1.82) is 0 Å². The second kappa shape index (κ2) is 8.49. The lowest BCUT2D eigenvalue weighted by atomic mass is 9.97. The number of carbonyl (C=O) groups is 1. The maximum atomic E-state index is 12.5. The molecule has 1 aromatic rings. The van der Waals surface area contributed by atoms with E-state index in [0.717, 1.165) is 38.1 Å². The van der Waals surface area contributed by atoms with Crippen molar-refractivity contribution in [2.75, 3.05) is 32.9 Å². The third kappa shape index (κ3) is 4.48. The Morgan fingerprint density at radius 2 is 2.00 bits per heavy atom. The lowest BCUT2D eigenvalue weighted by Gasteiger charge is -2.34. The number of rotatable bonds is 6. The summed E-state index contributed by atoms with van der Waals surface area (Å²) >= 11 is 0. The zero-order valence-electron chi connectivity index (χ0n) is 14.4. The summed E-state index contributed by atoms with van der Waals surface area (Å²) < 4.78 is 16.7. The Morgan fingerprint density at radius 3 is 2.71 bits per heavy atom. The van der Waals surface area contributed by atoms with Crippen LogP contribution in [0.3, 0.4) is 0 Å². The number of carbonyl (C=O) groups excluding carboxylic acids is 1. The summed E-state index contributed by atoms with van der Waals surface area (Å²) in [5.41, 5.74) is 1.17. The van der Waals surface area contributed by atoms with Crippen LogP contribution in [0.25, 0.3) is 0 Å². The van der Waals surface area contributed by atoms with Gasteiger partial charge in [0.05, 0.1) is 19.8 Å². The number of hydrogen-bond acceptors (Lipinski definition) is 4. The van der Waals surface area contributed by atoms with Crippen LogP contribution >= 0.6 is 0 Å². The molecule has 0 aromatic heterocycles. The first-order chi connectivity index (χ1) is 11.8. The molecular formula is C19H27NO4. The van der Waals surface area contributed by atoms with Crippen LogP contribution in [0.5, 0.6) is 5.75 Å². The topological polar surface area (TPSA) is 48.0 Å². The van der Waals surface area contributed by atoms with Crippen molar-refractivity contribution < 1.29 is 19.0 Å². The molecule has 0 saturated carbocycles. The molecule has 0 N–H and O–H groups in total. The number of aryl methyl sites for hydroxylation is 1. The van der Waals surface area contributed by atoms with Gasteiger partial charge in [0.2, 0.25) is 5.91 Å². The molecule has 0 bridgehead atoms. The van der Waals surface area contributed by atoms with E-state index < -0.39 is 0 Å². The van der Waals surface area contributed by atoms with Gasteiger partial charge in [0.25, 0.3) is 0 Å². The first kappa shape index (κ1) is 17.2. The van der Waals surface area contributed by atoms with Crippen LogP contribution < -0.4 is 4.74 Å². The van der Waals surface area contributed by atoms with Gasteiger partial charge in [-0.25, -0.2) is 0 Å². The molecule has 1 unspecified atom stereocenters. The van der Waals surface area contributed by atoms with Crippen molar-refractivity contribution in [2.45, 2.75) is 38.9 Å². The lowest BCUT2D eigenvalue weighted by molar-refractivity contribution is -0.139. The third-order valence-electron chi connectivity index (χ3n) is 4.70. The number of ether oxygens (including phenoxy) is 3. The minimum absolute atomic E-state index is 0.119. The van der Waals surface area contributed by atoms with Crippen molar-refractivity contribution >= 4 is 5.91 Å². The average Bonchev–Trinajstić information content (AvgIpc) is 3.16. The summed E-state index contributed by atoms with van der Waals surface area (Å²) in [5, 5.41) is 0. The van der Waals surface area contributed by atoms with Gasteiger partial charge < -0.3 is 19.1 Å². The summed E-state index contributed by atoms with van der Waals surface area (Å²) in [5.74, 6) is 1.42. The Morgan fingerprint density at radius 1 is 1.25 bits per heavy atom. The number of hydrogen-bond donors (Lipinski definition) is 0. The number of piperidine rings is 1. The molecule has 5 nitrogen and oxygen atoms in total. The minimum Gasteiger partial charge on any atom is -0.494 e. The Balaban J connectivity index is 1.47. The molecule has 1 aromatic carbocycles. The first-order valence-corrected chi connectivity index (χ1v) is 8.99. The van der Waals surface area contributed by atoms with E-state index in [1.165, 1.54) is 5.56 Å². The first-order valence-electron chi connectivity index (χ1n) is 8.99. The van der Waals surface area contributed by atoms with Crippen molar-refractivity contribution in [2.24, 2.45) is 5.92 Å². The molecule has 0 spiro atoms. The van der Waals surface area contributed by atoms with Crippen LogP contribution in [-0.4, -0.2) is 50.0 Å². The minimum atomic E-state index is -0.119. The van der Waals surface area contributed by atoms with Crippen LogP contribution in [0.15, 0.2) is 24.3 Å². The SMILES string of the molecule is CCOc1ccc(CCC(=O)N2CCCC(C3OCCO3)C2)cc1. The predicted molar refractivity (Wildman–Crippen MR) is 90.9 cm³/mol. The maximum Gasteiger partial charge on any atom is 0.222 e. The van der Waals surface area contributed by atoms with E-state index in [1.807, 2.05) is 36.1 Å². The normalized spacial score (nSPS) is 21.9. The fourth-order valence-electron chi connectivity index (χ4n) is 3.44. The highest BCUT2D eigenvalue weighted by atomic mass is 16.7. The number of nitrogens with zero attached hydrogens (tertiary/aromatic N) is 1. The van der Waals surface area contributed by atoms with Crippen LogP contribution in [0.4, 0.5) is 0 Å². The molecule has 1 atom stereocenters. The van der Waals surface area contributed by atoms with Crippen LogP contribution in [0.1, 0.15) is 31.7 Å². The number of benzene rings is 1. The third-order valence-corrected chi connectivity index (χ3v) is 4.70. The van der Waals surface area contributed by atoms with Gasteiger partial charge in [0.15, 0.2) is 6.29 Å². The Labute approximate surface area is 143 Å². The Hall–Kier alpha value is -1.59. The van der Waals surface area contributed by atoms with Gasteiger partial charge in [-0.15, -0.1) is 0 Å². The molecule has 3 rings (SSSR count). The van der Waals surface area contributed by atoms with Gasteiger partial charge in [0.1, 0.15) is 5.75 Å². The van der Waals surface area contributed by atoms with Crippen molar-refractivity contribution in [3.05, 3.63) is 29.8 Å². The highest BCUT2D eigenvalue weighted by Crippen LogP contribution is 2.25. The summed E-state index contributed by atoms with van der Waals surface area (Å²) in [6, 6.07) is 8.01. The summed E-state index contributed by atoms with van der Waals surface area (Å²) in [7, 11) is 0. The van der Waals surface area contributed by atoms with E-state index >= 15 is 0 Å². The molecule has 0 aliphatic carbocycles. The van der Waals surface area contributed by atoms with E-state index in [9.17, 15) is 4.79 Å². The molecule has 2 aliphatic heterocycles. The Bertz CT molecular complexity index is 525. The highest BCUT2D eigenvalue weighted by Gasteiger charge is 2.32. The second-order valence-corrected chi connectivity index (χ2v) is 6.43. The molecule has 2 aliphatic rings. The highest BCUT2D eigenvalue weighted by molar-refractivity contribution is 5.76. The predicted octanol–water partition coefficient (Wildman–Crippen LogP) is 2.63. The van der Waals surface area contributed by atoms with Crippen LogP contribution in [-0.2, 0) is 20.7 Å². The number of amides is 1. The van der Waals surface area contributed by atoms with E-state index in [1.54, 1.807) is 0 Å². The molecule has 0 radical (unpaired) electrons. The number of likely N-dealkylation sites (tertiary alicyclic amines) is 1. The van der Waals surface area contributed by atoms with E-state index in [-0.39, 0.29) is 12.2 Å². The van der Waals surface area contributed by atoms with Gasteiger partial charge >= 0.3 is 0 Å². The molecule has 2 saturated heterocycles. The van der Waals surface area contributed by atoms with Crippen LogP contribution in [0.2, 0.25) is 0 Å². The average molecular weight is 333 g/mol. The maximum absolute atomic E-state index is 12.5. The monoisotopic (exact) mass is 333 g/mol. The summed E-state index contributed by atoms with van der Waals surface area (Å²) in [6.07, 6.45) is 3.30. The van der Waals surface area contributed by atoms with Gasteiger partial charge in [-0.3, -0.25) is 4.79 Å². The van der Waals surface area contributed by atoms with E-state index in [4.69, 9.17) is 14.2 Å². The summed E-state index contributed by atoms with van der Waals surface area (Å²) in [4.78, 5) is 14.5. The fourth-order valence-corrected chi connectivity index (χ4v) is 3.44. The molecule has 5 heteroatoms. The van der Waals surface area contributed by atoms with Gasteiger partial charge in [-0.2, -0.15) is 0 Å². The smallest absolute Gasteiger partial charge is 0.222 e. The molecule has 1 amide bonds. The van der Waals surface area contributed by atoms with Crippen LogP contribution in [0, 0.1) is 5.92 Å². The van der Waals surface area contributed by atoms with Crippen molar-refractivity contribution in [3.8, 4) is 5.75 Å². The molecule has 2 fully saturated rings. The van der Waals surface area contributed by atoms with E-state index in [2.05, 4.69) is 0 Å². The van der Waals surface area contributed by atoms with Crippen molar-refractivity contribution in [1.82, 2.24) is 4.90 Å². The second-order valence-electron chi connectivity index (χ2n) is 6.43. The molecule has 132 valence electrons. The zero-order chi connectivity index (χ0) is 16.8. The standard InChI is InChI=1S/C19H27NO4/c1-2-22-17-8-5-15(6-9-17)7-10-18(21)20-11-3-4-16(14-20)19-23-12-13-24-19/h5-6,8-9,16,19H,2-4,7,10-14H2,1H3. The quantitative estimate of drug-likeness (QED) is 0.803. The molecular weight excluding hydrogens is 306 g/mol. The van der Waals surface area contributed by atoms with Crippen molar-refractivity contribution in [3.63, 3.8) is 0 Å². The zero-order valence-corrected chi connectivity index (χ0v) is 14.4. The van der Waals surface area contributed by atoms with Gasteiger partial charge in [-0.05, 0) is 43.9 Å². The van der Waals surface area contributed by atoms with Gasteiger partial charge in [0, 0.05) is 25.4 Å². The molecule has 2 heterocycles. The lowest BCUT2D eigenvalue weighted by Crippen LogP contribution is -2.43. The van der Waals surface area contributed by atoms with Gasteiger partial charge in [-0.1, -0.05) is 12.1 Å². The fraction of sp³-hybridized carbons (Fsp3) is 0.632. The largest absolute Gasteiger partial charge is 0.494 e. The van der Waals surface area contributed by atoms with E-state index in [0.29, 0.717) is 32.2 Å².